The summed E-state index contributed by atoms with van der Waals surface area (Å²) in [5.41, 5.74) is 3.26. The molecule has 184 valence electrons. The van der Waals surface area contributed by atoms with Gasteiger partial charge in [-0.1, -0.05) is 30.3 Å². The number of amides is 3. The van der Waals surface area contributed by atoms with E-state index in [1.54, 1.807) is 0 Å². The highest BCUT2D eigenvalue weighted by molar-refractivity contribution is 6.02. The molecule has 3 N–H and O–H groups in total. The molecule has 1 heterocycles. The standard InChI is InChI=1S/C29H36N4O2/c34-27(30-19-20-6-2-1-3-7-20)25-15-24(8-9-26(25)33-10-4-5-11-33)31-28(35)32-29-16-21-12-22(17-29)14-23(13-21)18-29/h1-3,6-9,15,21-23H,4-5,10-14,16-19H2,(H,30,34)(H2,31,32,35). The van der Waals surface area contributed by atoms with Gasteiger partial charge < -0.3 is 20.9 Å². The molecule has 0 spiro atoms. The molecule has 0 radical (unpaired) electrons. The second kappa shape index (κ2) is 9.21. The Morgan fingerprint density at radius 2 is 1.54 bits per heavy atom. The zero-order chi connectivity index (χ0) is 23.8. The molecular weight excluding hydrogens is 436 g/mol. The van der Waals surface area contributed by atoms with Crippen LogP contribution in [0.1, 0.15) is 67.3 Å². The van der Waals surface area contributed by atoms with Crippen LogP contribution >= 0.6 is 0 Å². The summed E-state index contributed by atoms with van der Waals surface area (Å²) < 4.78 is 0. The van der Waals surface area contributed by atoms with Crippen LogP contribution in [-0.4, -0.2) is 30.6 Å². The van der Waals surface area contributed by atoms with Crippen molar-refractivity contribution in [2.75, 3.05) is 23.3 Å². The highest BCUT2D eigenvalue weighted by Gasteiger charge is 2.51. The normalized spacial score (nSPS) is 28.7. The maximum absolute atomic E-state index is 13.3. The number of carbonyl (C=O) groups is 2. The molecule has 1 aliphatic heterocycles. The Morgan fingerprint density at radius 3 is 2.20 bits per heavy atom. The maximum atomic E-state index is 13.3. The molecule has 4 aliphatic carbocycles. The first kappa shape index (κ1) is 22.4. The van der Waals surface area contributed by atoms with Crippen molar-refractivity contribution in [3.05, 3.63) is 59.7 Å². The summed E-state index contributed by atoms with van der Waals surface area (Å²) in [6, 6.07) is 15.6. The Labute approximate surface area is 207 Å². The highest BCUT2D eigenvalue weighted by atomic mass is 16.2. The minimum Gasteiger partial charge on any atom is -0.371 e. The van der Waals surface area contributed by atoms with Gasteiger partial charge in [-0.3, -0.25) is 4.79 Å². The predicted octanol–water partition coefficient (Wildman–Crippen LogP) is 5.31. The van der Waals surface area contributed by atoms with E-state index >= 15 is 0 Å². The summed E-state index contributed by atoms with van der Waals surface area (Å²) in [6.45, 7) is 2.39. The van der Waals surface area contributed by atoms with E-state index in [9.17, 15) is 9.59 Å². The average molecular weight is 473 g/mol. The Kier molecular flexibility index (Phi) is 5.91. The van der Waals surface area contributed by atoms with Crippen LogP contribution in [0.15, 0.2) is 48.5 Å². The third-order valence-electron chi connectivity index (χ3n) is 8.66. The fourth-order valence-corrected chi connectivity index (χ4v) is 7.57. The summed E-state index contributed by atoms with van der Waals surface area (Å²) in [5, 5.41) is 9.50. The van der Waals surface area contributed by atoms with Crippen molar-refractivity contribution < 1.29 is 9.59 Å². The van der Waals surface area contributed by atoms with Crippen LogP contribution in [0.25, 0.3) is 0 Å². The number of hydrogen-bond acceptors (Lipinski definition) is 3. The van der Waals surface area contributed by atoms with E-state index in [2.05, 4.69) is 20.9 Å². The fourth-order valence-electron chi connectivity index (χ4n) is 7.57. The van der Waals surface area contributed by atoms with Crippen LogP contribution in [0, 0.1) is 17.8 Å². The second-order valence-corrected chi connectivity index (χ2v) is 11.4. The van der Waals surface area contributed by atoms with Crippen molar-refractivity contribution in [3.63, 3.8) is 0 Å². The molecule has 0 unspecified atom stereocenters. The van der Waals surface area contributed by atoms with Gasteiger partial charge in [0, 0.05) is 36.5 Å². The molecule has 4 bridgehead atoms. The van der Waals surface area contributed by atoms with Crippen molar-refractivity contribution in [2.45, 2.75) is 63.5 Å². The Bertz CT molecular complexity index is 1060. The van der Waals surface area contributed by atoms with Crippen molar-refractivity contribution >= 4 is 23.3 Å². The summed E-state index contributed by atoms with van der Waals surface area (Å²) in [5.74, 6) is 2.23. The van der Waals surface area contributed by atoms with Gasteiger partial charge in [0.1, 0.15) is 0 Å². The smallest absolute Gasteiger partial charge is 0.319 e. The molecule has 6 heteroatoms. The number of benzene rings is 2. The summed E-state index contributed by atoms with van der Waals surface area (Å²) in [4.78, 5) is 28.6. The molecule has 35 heavy (non-hydrogen) atoms. The van der Waals surface area contributed by atoms with Gasteiger partial charge in [0.2, 0.25) is 0 Å². The third-order valence-corrected chi connectivity index (χ3v) is 8.66. The molecule has 7 rings (SSSR count). The minimum atomic E-state index is -0.142. The van der Waals surface area contributed by atoms with Crippen LogP contribution in [0.2, 0.25) is 0 Å². The first-order valence-electron chi connectivity index (χ1n) is 13.4. The molecule has 3 amide bonds. The lowest BCUT2D eigenvalue weighted by Gasteiger charge is -2.56. The first-order chi connectivity index (χ1) is 17.1. The van der Waals surface area contributed by atoms with E-state index in [-0.39, 0.29) is 17.5 Å². The number of nitrogens with zero attached hydrogens (tertiary/aromatic N) is 1. The third kappa shape index (κ3) is 4.75. The topological polar surface area (TPSA) is 73.5 Å². The molecular formula is C29H36N4O2. The van der Waals surface area contributed by atoms with Gasteiger partial charge in [-0.25, -0.2) is 4.79 Å². The van der Waals surface area contributed by atoms with E-state index in [4.69, 9.17) is 0 Å². The lowest BCUT2D eigenvalue weighted by molar-refractivity contribution is -0.0127. The number of carbonyl (C=O) groups excluding carboxylic acids is 2. The van der Waals surface area contributed by atoms with Gasteiger partial charge in [-0.05, 0) is 92.9 Å². The summed E-state index contributed by atoms with van der Waals surface area (Å²) in [6.07, 6.45) is 9.68. The Balaban J connectivity index is 1.17. The number of nitrogens with one attached hydrogen (secondary N) is 3. The first-order valence-corrected chi connectivity index (χ1v) is 13.4. The average Bonchev–Trinajstić information content (AvgIpc) is 3.37. The van der Waals surface area contributed by atoms with Gasteiger partial charge in [0.25, 0.3) is 5.91 Å². The van der Waals surface area contributed by atoms with Crippen LogP contribution < -0.4 is 20.9 Å². The lowest BCUT2D eigenvalue weighted by Crippen LogP contribution is -2.60. The van der Waals surface area contributed by atoms with Gasteiger partial charge in [-0.2, -0.15) is 0 Å². The highest BCUT2D eigenvalue weighted by Crippen LogP contribution is 2.55. The predicted molar refractivity (Wildman–Crippen MR) is 139 cm³/mol. The second-order valence-electron chi connectivity index (χ2n) is 11.4. The molecule has 0 atom stereocenters. The number of hydrogen-bond donors (Lipinski definition) is 3. The van der Waals surface area contributed by atoms with Crippen molar-refractivity contribution in [2.24, 2.45) is 17.8 Å². The van der Waals surface area contributed by atoms with Gasteiger partial charge >= 0.3 is 6.03 Å². The molecule has 4 saturated carbocycles. The van der Waals surface area contributed by atoms with E-state index in [0.29, 0.717) is 17.8 Å². The molecule has 1 saturated heterocycles. The maximum Gasteiger partial charge on any atom is 0.319 e. The van der Waals surface area contributed by atoms with Gasteiger partial charge in [-0.15, -0.1) is 0 Å². The van der Waals surface area contributed by atoms with Crippen LogP contribution in [0.5, 0.6) is 0 Å². The minimum absolute atomic E-state index is 0.0375. The monoisotopic (exact) mass is 472 g/mol. The molecule has 6 nitrogen and oxygen atoms in total. The van der Waals surface area contributed by atoms with E-state index in [1.807, 2.05) is 48.5 Å². The van der Waals surface area contributed by atoms with Crippen LogP contribution in [0.3, 0.4) is 0 Å². The molecule has 2 aromatic rings. The quantitative estimate of drug-likeness (QED) is 0.534. The van der Waals surface area contributed by atoms with Gasteiger partial charge in [0.05, 0.1) is 5.56 Å². The zero-order valence-corrected chi connectivity index (χ0v) is 20.4. The van der Waals surface area contributed by atoms with E-state index in [1.165, 1.54) is 19.3 Å². The number of anilines is 2. The summed E-state index contributed by atoms with van der Waals surface area (Å²) >= 11 is 0. The Morgan fingerprint density at radius 1 is 0.886 bits per heavy atom. The van der Waals surface area contributed by atoms with Crippen LogP contribution in [0.4, 0.5) is 16.2 Å². The number of urea groups is 1. The van der Waals surface area contributed by atoms with E-state index < -0.39 is 0 Å². The SMILES string of the molecule is O=C(Nc1ccc(N2CCCC2)c(C(=O)NCc2ccccc2)c1)NC12CC3CC(CC(C3)C1)C2. The fraction of sp³-hybridized carbons (Fsp3) is 0.517. The molecule has 5 aliphatic rings. The Hall–Kier alpha value is -3.02. The van der Waals surface area contributed by atoms with Crippen molar-refractivity contribution in [3.8, 4) is 0 Å². The number of rotatable bonds is 6. The molecule has 2 aromatic carbocycles. The van der Waals surface area contributed by atoms with E-state index in [0.717, 1.165) is 74.2 Å². The largest absolute Gasteiger partial charge is 0.371 e. The van der Waals surface area contributed by atoms with Crippen LogP contribution in [-0.2, 0) is 6.54 Å². The van der Waals surface area contributed by atoms with Crippen molar-refractivity contribution in [1.82, 2.24) is 10.6 Å². The van der Waals surface area contributed by atoms with Crippen molar-refractivity contribution in [1.29, 1.82) is 0 Å². The lowest BCUT2D eigenvalue weighted by atomic mass is 9.53. The molecule has 5 fully saturated rings. The van der Waals surface area contributed by atoms with Gasteiger partial charge in [0.15, 0.2) is 0 Å². The summed E-state index contributed by atoms with van der Waals surface area (Å²) in [7, 11) is 0. The zero-order valence-electron chi connectivity index (χ0n) is 20.4. The molecule has 0 aromatic heterocycles.